The van der Waals surface area contributed by atoms with Crippen LogP contribution in [0.1, 0.15) is 393 Å². The third-order valence-corrected chi connectivity index (χ3v) is 16.3. The van der Waals surface area contributed by atoms with Crippen LogP contribution < -0.4 is 0 Å². The minimum Gasteiger partial charge on any atom is -0.462 e. The van der Waals surface area contributed by atoms with Crippen LogP contribution in [-0.4, -0.2) is 37.2 Å². The predicted molar refractivity (Wildman–Crippen MR) is 353 cm³/mol. The second-order valence-electron chi connectivity index (χ2n) is 24.5. The first-order valence-corrected chi connectivity index (χ1v) is 36.1. The van der Waals surface area contributed by atoms with Gasteiger partial charge in [-0.25, -0.2) is 0 Å². The first kappa shape index (κ1) is 78.4. The predicted octanol–water partition coefficient (Wildman–Crippen LogP) is 24.9. The molecule has 0 rings (SSSR count). The van der Waals surface area contributed by atoms with Crippen molar-refractivity contribution in [1.82, 2.24) is 0 Å². The van der Waals surface area contributed by atoms with Crippen LogP contribution in [0.15, 0.2) is 48.6 Å². The molecule has 0 aliphatic carbocycles. The average Bonchev–Trinajstić information content (AvgIpc) is 3.47. The van der Waals surface area contributed by atoms with Gasteiger partial charge in [-0.15, -0.1) is 0 Å². The van der Waals surface area contributed by atoms with Gasteiger partial charge in [0.25, 0.3) is 0 Å². The summed E-state index contributed by atoms with van der Waals surface area (Å²) in [7, 11) is 0. The standard InChI is InChI=1S/C75H138O6/c1-4-7-10-13-16-19-21-23-25-27-29-31-33-34-35-36-37-38-39-40-42-43-45-47-49-51-53-56-59-62-65-68-74(77)80-71-72(70-79-73(76)67-64-61-58-55-18-15-12-9-6-3)81-75(78)69-66-63-60-57-54-52-50-48-46-44-41-32-30-28-26-24-22-20-17-14-11-8-5-2/h21-24,27-30,72H,4-20,25-26,31-71H2,1-3H3/b23-21-,24-22-,29-27-,30-28-. The van der Waals surface area contributed by atoms with E-state index in [9.17, 15) is 14.4 Å². The lowest BCUT2D eigenvalue weighted by molar-refractivity contribution is -0.167. The summed E-state index contributed by atoms with van der Waals surface area (Å²) in [5, 5.41) is 0. The Bertz CT molecular complexity index is 1400. The lowest BCUT2D eigenvalue weighted by Gasteiger charge is -2.18. The molecule has 0 aliphatic rings. The van der Waals surface area contributed by atoms with E-state index in [-0.39, 0.29) is 31.1 Å². The van der Waals surface area contributed by atoms with Crippen molar-refractivity contribution in [3.63, 3.8) is 0 Å². The Kier molecular flexibility index (Phi) is 67.6. The average molecular weight is 1140 g/mol. The molecule has 0 spiro atoms. The molecule has 0 N–H and O–H groups in total. The van der Waals surface area contributed by atoms with Gasteiger partial charge >= 0.3 is 17.9 Å². The van der Waals surface area contributed by atoms with Crippen molar-refractivity contribution in [3.05, 3.63) is 48.6 Å². The van der Waals surface area contributed by atoms with Gasteiger partial charge < -0.3 is 14.2 Å². The van der Waals surface area contributed by atoms with Gasteiger partial charge in [0.1, 0.15) is 13.2 Å². The molecule has 0 aromatic heterocycles. The van der Waals surface area contributed by atoms with Crippen molar-refractivity contribution < 1.29 is 28.6 Å². The Balaban J connectivity index is 4.08. The molecule has 0 aromatic carbocycles. The van der Waals surface area contributed by atoms with Gasteiger partial charge in [0.15, 0.2) is 6.10 Å². The lowest BCUT2D eigenvalue weighted by Crippen LogP contribution is -2.30. The van der Waals surface area contributed by atoms with Crippen molar-refractivity contribution in [1.29, 1.82) is 0 Å². The van der Waals surface area contributed by atoms with Crippen LogP contribution in [0.2, 0.25) is 0 Å². The van der Waals surface area contributed by atoms with Crippen LogP contribution in [0.4, 0.5) is 0 Å². The number of hydrogen-bond acceptors (Lipinski definition) is 6. The first-order valence-electron chi connectivity index (χ1n) is 36.1. The van der Waals surface area contributed by atoms with E-state index in [4.69, 9.17) is 14.2 Å². The number of carbonyl (C=O) groups is 3. The number of allylic oxidation sites excluding steroid dienone is 8. The van der Waals surface area contributed by atoms with Crippen LogP contribution >= 0.6 is 0 Å². The molecule has 6 heteroatoms. The van der Waals surface area contributed by atoms with Gasteiger partial charge in [0.05, 0.1) is 0 Å². The molecular formula is C75H138O6. The summed E-state index contributed by atoms with van der Waals surface area (Å²) in [5.74, 6) is -0.848. The van der Waals surface area contributed by atoms with Gasteiger partial charge in [-0.05, 0) is 83.5 Å². The highest BCUT2D eigenvalue weighted by atomic mass is 16.6. The van der Waals surface area contributed by atoms with Gasteiger partial charge in [0, 0.05) is 19.3 Å². The monoisotopic (exact) mass is 1140 g/mol. The summed E-state index contributed by atoms with van der Waals surface area (Å²) in [6.45, 7) is 6.66. The van der Waals surface area contributed by atoms with E-state index in [0.29, 0.717) is 19.3 Å². The molecule has 0 amide bonds. The fraction of sp³-hybridized carbons (Fsp3) is 0.853. The lowest BCUT2D eigenvalue weighted by atomic mass is 10.0. The zero-order valence-electron chi connectivity index (χ0n) is 54.6. The van der Waals surface area contributed by atoms with E-state index in [0.717, 1.165) is 70.6 Å². The third-order valence-electron chi connectivity index (χ3n) is 16.3. The largest absolute Gasteiger partial charge is 0.462 e. The molecule has 0 saturated carbocycles. The molecule has 1 unspecified atom stereocenters. The van der Waals surface area contributed by atoms with Gasteiger partial charge in [-0.3, -0.25) is 14.4 Å². The molecule has 0 aromatic rings. The maximum Gasteiger partial charge on any atom is 0.306 e. The van der Waals surface area contributed by atoms with Crippen molar-refractivity contribution >= 4 is 17.9 Å². The summed E-state index contributed by atoms with van der Waals surface area (Å²) in [4.78, 5) is 38.3. The Hall–Kier alpha value is -2.63. The van der Waals surface area contributed by atoms with Gasteiger partial charge in [0.2, 0.25) is 0 Å². The summed E-state index contributed by atoms with van der Waals surface area (Å²) >= 11 is 0. The molecule has 0 heterocycles. The van der Waals surface area contributed by atoms with E-state index in [1.54, 1.807) is 0 Å². The second kappa shape index (κ2) is 69.9. The molecule has 0 bridgehead atoms. The fourth-order valence-electron chi connectivity index (χ4n) is 10.9. The smallest absolute Gasteiger partial charge is 0.306 e. The Morgan fingerprint density at radius 1 is 0.247 bits per heavy atom. The molecular weight excluding hydrogens is 997 g/mol. The molecule has 0 saturated heterocycles. The quantitative estimate of drug-likeness (QED) is 0.0261. The zero-order valence-corrected chi connectivity index (χ0v) is 54.6. The molecule has 474 valence electrons. The van der Waals surface area contributed by atoms with E-state index >= 15 is 0 Å². The van der Waals surface area contributed by atoms with Gasteiger partial charge in [-0.1, -0.05) is 339 Å². The topological polar surface area (TPSA) is 78.9 Å². The van der Waals surface area contributed by atoms with Crippen molar-refractivity contribution in [2.24, 2.45) is 0 Å². The molecule has 0 aliphatic heterocycles. The summed E-state index contributed by atoms with van der Waals surface area (Å²) < 4.78 is 16.9. The Morgan fingerprint density at radius 2 is 0.444 bits per heavy atom. The Morgan fingerprint density at radius 3 is 0.679 bits per heavy atom. The van der Waals surface area contributed by atoms with E-state index in [1.165, 1.54) is 283 Å². The second-order valence-corrected chi connectivity index (χ2v) is 24.5. The number of ether oxygens (including phenoxy) is 3. The van der Waals surface area contributed by atoms with E-state index < -0.39 is 6.10 Å². The molecule has 1 atom stereocenters. The number of carbonyl (C=O) groups excluding carboxylic acids is 3. The third kappa shape index (κ3) is 68.0. The van der Waals surface area contributed by atoms with Crippen molar-refractivity contribution in [3.8, 4) is 0 Å². The fourth-order valence-corrected chi connectivity index (χ4v) is 10.9. The molecule has 0 radical (unpaired) electrons. The molecule has 6 nitrogen and oxygen atoms in total. The zero-order chi connectivity index (χ0) is 58.5. The number of hydrogen-bond donors (Lipinski definition) is 0. The number of rotatable bonds is 67. The van der Waals surface area contributed by atoms with Crippen LogP contribution in [-0.2, 0) is 28.6 Å². The molecule has 0 fully saturated rings. The van der Waals surface area contributed by atoms with E-state index in [2.05, 4.69) is 69.4 Å². The normalized spacial score (nSPS) is 12.3. The molecule has 81 heavy (non-hydrogen) atoms. The SMILES string of the molecule is CCCCCCC/C=C\C/C=C\CCCCCCCCCCCCCCCCCCCCCC(=O)OCC(COC(=O)CCCCCCCCCCC)OC(=O)CCCCCCCCCCCCC/C=C\C/C=C\CCCCCCC. The van der Waals surface area contributed by atoms with Crippen molar-refractivity contribution in [2.75, 3.05) is 13.2 Å². The van der Waals surface area contributed by atoms with Crippen LogP contribution in [0.25, 0.3) is 0 Å². The highest BCUT2D eigenvalue weighted by molar-refractivity contribution is 5.71. The van der Waals surface area contributed by atoms with E-state index in [1.807, 2.05) is 0 Å². The summed E-state index contributed by atoms with van der Waals surface area (Å²) in [6.07, 6.45) is 88.8. The minimum absolute atomic E-state index is 0.0685. The van der Waals surface area contributed by atoms with Crippen LogP contribution in [0, 0.1) is 0 Å². The summed E-state index contributed by atoms with van der Waals surface area (Å²) in [6, 6.07) is 0. The maximum absolute atomic E-state index is 12.9. The first-order chi connectivity index (χ1) is 40.0. The van der Waals surface area contributed by atoms with Gasteiger partial charge in [-0.2, -0.15) is 0 Å². The van der Waals surface area contributed by atoms with Crippen molar-refractivity contribution in [2.45, 2.75) is 399 Å². The van der Waals surface area contributed by atoms with Crippen LogP contribution in [0.3, 0.4) is 0 Å². The Labute approximate surface area is 505 Å². The maximum atomic E-state index is 12.9. The number of unbranched alkanes of at least 4 members (excludes halogenated alkanes) is 48. The number of esters is 3. The minimum atomic E-state index is -0.771. The highest BCUT2D eigenvalue weighted by Gasteiger charge is 2.19. The highest BCUT2D eigenvalue weighted by Crippen LogP contribution is 2.18. The summed E-state index contributed by atoms with van der Waals surface area (Å²) in [5.41, 5.74) is 0. The van der Waals surface area contributed by atoms with Crippen LogP contribution in [0.5, 0.6) is 0 Å².